The molecule has 0 saturated heterocycles. The summed E-state index contributed by atoms with van der Waals surface area (Å²) in [4.78, 5) is 19.9. The third kappa shape index (κ3) is 3.30. The maximum absolute atomic E-state index is 11.9. The average Bonchev–Trinajstić information content (AvgIpc) is 2.54. The van der Waals surface area contributed by atoms with E-state index in [1.807, 2.05) is 18.2 Å². The number of hydrogen-bond acceptors (Lipinski definition) is 5. The summed E-state index contributed by atoms with van der Waals surface area (Å²) in [5.41, 5.74) is 2.67. The summed E-state index contributed by atoms with van der Waals surface area (Å²) in [5.74, 6) is 1.63. The van der Waals surface area contributed by atoms with Gasteiger partial charge in [-0.25, -0.2) is 0 Å². The van der Waals surface area contributed by atoms with E-state index in [1.54, 1.807) is 14.2 Å². The van der Waals surface area contributed by atoms with E-state index >= 15 is 0 Å². The molecule has 0 radical (unpaired) electrons. The lowest BCUT2D eigenvalue weighted by molar-refractivity contribution is 0.236. The molecule has 0 fully saturated rings. The summed E-state index contributed by atoms with van der Waals surface area (Å²) in [5, 5.41) is 0. The molecule has 2 N–H and O–H groups in total. The number of benzene rings is 1. The van der Waals surface area contributed by atoms with Crippen molar-refractivity contribution >= 4 is 12.2 Å². The van der Waals surface area contributed by atoms with E-state index in [-0.39, 0.29) is 5.56 Å². The Morgan fingerprint density at radius 1 is 1.26 bits per heavy atom. The number of aromatic nitrogens is 2. The largest absolute Gasteiger partial charge is 0.497 e. The number of nitrogens with zero attached hydrogens (tertiary/aromatic N) is 1. The molecule has 7 heteroatoms. The minimum absolute atomic E-state index is 0.0811. The van der Waals surface area contributed by atoms with E-state index in [0.29, 0.717) is 24.3 Å². The topological polar surface area (TPSA) is 70.3 Å². The van der Waals surface area contributed by atoms with Crippen LogP contribution in [0, 0.1) is 4.77 Å². The van der Waals surface area contributed by atoms with Crippen molar-refractivity contribution in [2.75, 3.05) is 20.8 Å². The molecule has 0 aliphatic carbocycles. The summed E-state index contributed by atoms with van der Waals surface area (Å²) in [6.07, 6.45) is 0.697. The van der Waals surface area contributed by atoms with Crippen LogP contribution in [0.4, 0.5) is 0 Å². The summed E-state index contributed by atoms with van der Waals surface area (Å²) in [7, 11) is 3.31. The van der Waals surface area contributed by atoms with Gasteiger partial charge in [-0.3, -0.25) is 14.7 Å². The molecule has 1 aromatic heterocycles. The van der Waals surface area contributed by atoms with Crippen LogP contribution in [0.15, 0.2) is 23.0 Å². The fourth-order valence-corrected chi connectivity index (χ4v) is 3.13. The van der Waals surface area contributed by atoms with Crippen LogP contribution in [0.5, 0.6) is 11.5 Å². The number of hydrogen-bond donors (Lipinski definition) is 2. The molecule has 6 nitrogen and oxygen atoms in total. The first kappa shape index (κ1) is 15.8. The van der Waals surface area contributed by atoms with Gasteiger partial charge in [0.25, 0.3) is 5.56 Å². The predicted octanol–water partition coefficient (Wildman–Crippen LogP) is 2.01. The first-order valence-electron chi connectivity index (χ1n) is 7.38. The summed E-state index contributed by atoms with van der Waals surface area (Å²) >= 11 is 5.06. The van der Waals surface area contributed by atoms with Crippen LogP contribution in [-0.4, -0.2) is 35.6 Å². The van der Waals surface area contributed by atoms with Crippen molar-refractivity contribution in [3.8, 4) is 11.5 Å². The van der Waals surface area contributed by atoms with Gasteiger partial charge < -0.3 is 14.5 Å². The second kappa shape index (κ2) is 6.55. The highest BCUT2D eigenvalue weighted by Gasteiger charge is 2.20. The highest BCUT2D eigenvalue weighted by molar-refractivity contribution is 7.71. The highest BCUT2D eigenvalue weighted by Crippen LogP contribution is 2.26. The maximum Gasteiger partial charge on any atom is 0.255 e. The van der Waals surface area contributed by atoms with Crippen molar-refractivity contribution in [2.24, 2.45) is 0 Å². The standard InChI is InChI=1S/C16H19N3O3S/c1-21-11-3-4-14(22-2)10(7-11)8-19-6-5-12-13(9-19)17-16(23)18-15(12)20/h3-4,7H,5-6,8-9H2,1-2H3,(H2,17,18,20,23). The molecule has 122 valence electrons. The smallest absolute Gasteiger partial charge is 0.255 e. The minimum Gasteiger partial charge on any atom is -0.497 e. The Labute approximate surface area is 139 Å². The van der Waals surface area contributed by atoms with Gasteiger partial charge in [0.05, 0.1) is 14.2 Å². The van der Waals surface area contributed by atoms with Crippen LogP contribution in [0.1, 0.15) is 16.8 Å². The first-order chi connectivity index (χ1) is 11.1. The number of nitrogens with one attached hydrogen (secondary N) is 2. The van der Waals surface area contributed by atoms with Crippen molar-refractivity contribution in [3.05, 3.63) is 50.1 Å². The Bertz CT molecular complexity index is 828. The predicted molar refractivity (Wildman–Crippen MR) is 89.6 cm³/mol. The Balaban J connectivity index is 1.85. The molecule has 0 saturated carbocycles. The zero-order valence-corrected chi connectivity index (χ0v) is 14.0. The Kier molecular flexibility index (Phi) is 4.49. The lowest BCUT2D eigenvalue weighted by atomic mass is 10.1. The molecule has 0 amide bonds. The summed E-state index contributed by atoms with van der Waals surface area (Å²) in [6, 6.07) is 5.77. The minimum atomic E-state index is -0.0811. The third-order valence-corrected chi connectivity index (χ3v) is 4.28. The zero-order valence-electron chi connectivity index (χ0n) is 13.1. The van der Waals surface area contributed by atoms with Gasteiger partial charge in [0.2, 0.25) is 0 Å². The van der Waals surface area contributed by atoms with Crippen LogP contribution in [-0.2, 0) is 19.5 Å². The molecule has 0 spiro atoms. The number of H-pyrrole nitrogens is 2. The normalized spacial score (nSPS) is 14.3. The van der Waals surface area contributed by atoms with Gasteiger partial charge in [-0.05, 0) is 36.8 Å². The van der Waals surface area contributed by atoms with E-state index in [9.17, 15) is 4.79 Å². The van der Waals surface area contributed by atoms with Crippen LogP contribution in [0.3, 0.4) is 0 Å². The highest BCUT2D eigenvalue weighted by atomic mass is 32.1. The Morgan fingerprint density at radius 3 is 2.83 bits per heavy atom. The maximum atomic E-state index is 11.9. The van der Waals surface area contributed by atoms with Gasteiger partial charge in [-0.1, -0.05) is 0 Å². The quantitative estimate of drug-likeness (QED) is 0.838. The van der Waals surface area contributed by atoms with E-state index in [0.717, 1.165) is 34.9 Å². The Morgan fingerprint density at radius 2 is 2.09 bits per heavy atom. The zero-order chi connectivity index (χ0) is 16.4. The molecule has 2 aromatic rings. The number of aromatic amines is 2. The van der Waals surface area contributed by atoms with Gasteiger partial charge in [0, 0.05) is 36.5 Å². The molecule has 0 atom stereocenters. The SMILES string of the molecule is COc1ccc(OC)c(CN2CCc3c([nH]c(=S)[nH]c3=O)C2)c1. The molecule has 1 aromatic carbocycles. The van der Waals surface area contributed by atoms with E-state index in [1.165, 1.54) is 0 Å². The lowest BCUT2D eigenvalue weighted by Crippen LogP contribution is -2.34. The summed E-state index contributed by atoms with van der Waals surface area (Å²) < 4.78 is 11.1. The number of methoxy groups -OCH3 is 2. The average molecular weight is 333 g/mol. The molecule has 3 rings (SSSR count). The number of fused-ring (bicyclic) bond motifs is 1. The van der Waals surface area contributed by atoms with Crippen molar-refractivity contribution < 1.29 is 9.47 Å². The van der Waals surface area contributed by atoms with Gasteiger partial charge in [0.1, 0.15) is 11.5 Å². The van der Waals surface area contributed by atoms with Crippen molar-refractivity contribution in [1.29, 1.82) is 0 Å². The van der Waals surface area contributed by atoms with Crippen LogP contribution in [0.25, 0.3) is 0 Å². The second-order valence-corrected chi connectivity index (χ2v) is 5.91. The fraction of sp³-hybridized carbons (Fsp3) is 0.375. The third-order valence-electron chi connectivity index (χ3n) is 4.07. The van der Waals surface area contributed by atoms with Gasteiger partial charge in [-0.15, -0.1) is 0 Å². The molecule has 0 unspecified atom stereocenters. The molecule has 2 heterocycles. The molecule has 23 heavy (non-hydrogen) atoms. The van der Waals surface area contributed by atoms with Crippen molar-refractivity contribution in [2.45, 2.75) is 19.5 Å². The van der Waals surface area contributed by atoms with E-state index < -0.39 is 0 Å². The van der Waals surface area contributed by atoms with E-state index in [2.05, 4.69) is 14.9 Å². The van der Waals surface area contributed by atoms with Crippen LogP contribution in [0.2, 0.25) is 0 Å². The van der Waals surface area contributed by atoms with Gasteiger partial charge in [-0.2, -0.15) is 0 Å². The Hall–Kier alpha value is -2.12. The fourth-order valence-electron chi connectivity index (χ4n) is 2.91. The van der Waals surface area contributed by atoms with Crippen molar-refractivity contribution in [3.63, 3.8) is 0 Å². The van der Waals surface area contributed by atoms with Crippen LogP contribution < -0.4 is 15.0 Å². The van der Waals surface area contributed by atoms with Crippen molar-refractivity contribution in [1.82, 2.24) is 14.9 Å². The molecule has 1 aliphatic heterocycles. The lowest BCUT2D eigenvalue weighted by Gasteiger charge is -2.28. The second-order valence-electron chi connectivity index (χ2n) is 5.50. The molecule has 0 bridgehead atoms. The molecular formula is C16H19N3O3S. The number of ether oxygens (including phenoxy) is 2. The number of rotatable bonds is 4. The van der Waals surface area contributed by atoms with E-state index in [4.69, 9.17) is 21.7 Å². The van der Waals surface area contributed by atoms with Gasteiger partial charge >= 0.3 is 0 Å². The molecule has 1 aliphatic rings. The molecular weight excluding hydrogens is 314 g/mol. The van der Waals surface area contributed by atoms with Gasteiger partial charge in [0.15, 0.2) is 4.77 Å². The van der Waals surface area contributed by atoms with Crippen LogP contribution >= 0.6 is 12.2 Å². The monoisotopic (exact) mass is 333 g/mol. The first-order valence-corrected chi connectivity index (χ1v) is 7.79. The summed E-state index contributed by atoms with van der Waals surface area (Å²) in [6.45, 7) is 2.18.